The second-order valence-electron chi connectivity index (χ2n) is 0. The molecule has 0 aliphatic carbocycles. The molecule has 0 rings (SSSR count). The van der Waals surface area contributed by atoms with Crippen molar-refractivity contribution in [1.29, 1.82) is 0 Å². The van der Waals surface area contributed by atoms with Crippen molar-refractivity contribution in [2.45, 2.75) is 0 Å². The summed E-state index contributed by atoms with van der Waals surface area (Å²) in [5, 5.41) is 0. The summed E-state index contributed by atoms with van der Waals surface area (Å²) in [6, 6.07) is 0. The zero-order chi connectivity index (χ0) is 6.00. The van der Waals surface area contributed by atoms with Gasteiger partial charge >= 0.3 is 98.1 Å². The summed E-state index contributed by atoms with van der Waals surface area (Å²) in [6.45, 7) is 0. The monoisotopic (exact) mass is 530 g/mol. The summed E-state index contributed by atoms with van der Waals surface area (Å²) in [7, 11) is 0. The molecule has 3 nitrogen and oxygen atoms in total. The molecule has 0 aromatic heterocycles. The first-order chi connectivity index (χ1) is 3.00. The minimum absolute atomic E-state index is 0. The summed E-state index contributed by atoms with van der Waals surface area (Å²) in [6.07, 6.45) is 0. The summed E-state index contributed by atoms with van der Waals surface area (Å²) < 4.78 is 25.1. The van der Waals surface area contributed by atoms with E-state index in [9.17, 15) is 0 Å². The van der Waals surface area contributed by atoms with E-state index in [2.05, 4.69) is 0 Å². The summed E-state index contributed by atoms with van der Waals surface area (Å²) >= 11 is 0.358. The van der Waals surface area contributed by atoms with Gasteiger partial charge in [0, 0.05) is 0 Å². The van der Waals surface area contributed by atoms with Crippen LogP contribution < -0.4 is 0 Å². The Morgan fingerprint density at radius 3 is 1.14 bits per heavy atom. The van der Waals surface area contributed by atoms with Gasteiger partial charge in [0.25, 0.3) is 0 Å². The quantitative estimate of drug-likeness (QED) is 0.334. The Labute approximate surface area is 96.3 Å². The molecule has 0 spiro atoms. The summed E-state index contributed by atoms with van der Waals surface area (Å²) in [5.41, 5.74) is 0. The van der Waals surface area contributed by atoms with Crippen molar-refractivity contribution in [3.05, 3.63) is 0 Å². The van der Waals surface area contributed by atoms with Crippen LogP contribution in [-0.4, -0.2) is 50.2 Å². The molecule has 0 aliphatic heterocycles. The van der Waals surface area contributed by atoms with Gasteiger partial charge in [-0.3, -0.25) is 0 Å². The van der Waals surface area contributed by atoms with Gasteiger partial charge in [-0.15, -0.1) is 0 Å². The van der Waals surface area contributed by atoms with E-state index in [1.54, 1.807) is 0 Å². The van der Waals surface area contributed by atoms with Crippen molar-refractivity contribution in [2.24, 2.45) is 0 Å². The third-order valence-electron chi connectivity index (χ3n) is 0. The van der Waals surface area contributed by atoms with Crippen molar-refractivity contribution in [3.8, 4) is 0 Å². The van der Waals surface area contributed by atoms with Gasteiger partial charge in [-0.05, 0) is 0 Å². The SMILES string of the molecule is [InH3].[O]=[InH].[O]=[W].[O]=[Zn]. The molecule has 0 amide bonds. The zero-order valence-electron chi connectivity index (χ0n) is 3.05. The van der Waals surface area contributed by atoms with Gasteiger partial charge in [0.15, 0.2) is 0 Å². The van der Waals surface area contributed by atoms with Gasteiger partial charge in [-0.2, -0.15) is 0 Å². The normalized spacial score (nSPS) is 1.86. The third-order valence-corrected chi connectivity index (χ3v) is 0. The average molecular weight is 531 g/mol. The standard InChI is InChI=1S/2In.3O.W.Zn.4H. The summed E-state index contributed by atoms with van der Waals surface area (Å²) in [5.74, 6) is 0. The number of hydrogen-bond donors (Lipinski definition) is 0. The molecule has 36 valence electrons. The maximum absolute atomic E-state index is 8.42. The first-order valence-electron chi connectivity index (χ1n) is 0.744. The molecule has 0 radical (unpaired) electrons. The van der Waals surface area contributed by atoms with Gasteiger partial charge in [-0.25, -0.2) is 0 Å². The molecule has 0 heterocycles. The first-order valence-corrected chi connectivity index (χ1v) is 4.80. The van der Waals surface area contributed by atoms with E-state index in [0.29, 0.717) is 19.8 Å². The second-order valence-corrected chi connectivity index (χ2v) is 0. The Balaban J connectivity index is -0.00000000900. The van der Waals surface area contributed by atoms with Crippen molar-refractivity contribution in [2.75, 3.05) is 0 Å². The molecule has 0 unspecified atom stereocenters. The van der Waals surface area contributed by atoms with Crippen LogP contribution in [0.2, 0.25) is 0 Å². The van der Waals surface area contributed by atoms with Crippen LogP contribution in [0.3, 0.4) is 0 Å². The average Bonchev–Trinajstić information content (AvgIpc) is 1.81. The molecular formula is H4In2O3WZn. The van der Waals surface area contributed by atoms with E-state index >= 15 is 0 Å². The van der Waals surface area contributed by atoms with Crippen LogP contribution in [0.15, 0.2) is 0 Å². The van der Waals surface area contributed by atoms with Crippen molar-refractivity contribution in [1.82, 2.24) is 0 Å². The summed E-state index contributed by atoms with van der Waals surface area (Å²) in [4.78, 5) is 0. The fourth-order valence-electron chi connectivity index (χ4n) is 0. The van der Waals surface area contributed by atoms with Crippen LogP contribution in [0.5, 0.6) is 0 Å². The van der Waals surface area contributed by atoms with Crippen molar-refractivity contribution < 1.29 is 47.9 Å². The van der Waals surface area contributed by atoms with Crippen LogP contribution in [0.1, 0.15) is 0 Å². The molecule has 0 aromatic rings. The number of hydrogen-bond acceptors (Lipinski definition) is 3. The van der Waals surface area contributed by atoms with Crippen LogP contribution in [0.4, 0.5) is 0 Å². The Bertz CT molecular complexity index is 17.7. The molecule has 0 atom stereocenters. The Morgan fingerprint density at radius 1 is 1.14 bits per heavy atom. The van der Waals surface area contributed by atoms with Gasteiger partial charge in [0.2, 0.25) is 0 Å². The van der Waals surface area contributed by atoms with Gasteiger partial charge < -0.3 is 0 Å². The fourth-order valence-corrected chi connectivity index (χ4v) is 0. The van der Waals surface area contributed by atoms with Gasteiger partial charge in [0.05, 0.1) is 0 Å². The van der Waals surface area contributed by atoms with Crippen LogP contribution in [-0.2, 0) is 47.9 Å². The molecular weight excluding hydrogens is 527 g/mol. The second kappa shape index (κ2) is 78.1. The van der Waals surface area contributed by atoms with Crippen LogP contribution in [0, 0.1) is 0 Å². The zero-order valence-corrected chi connectivity index (χ0v) is 13.0. The van der Waals surface area contributed by atoms with Crippen LogP contribution >= 0.6 is 0 Å². The van der Waals surface area contributed by atoms with E-state index in [1.807, 2.05) is 0 Å². The molecule has 0 saturated heterocycles. The van der Waals surface area contributed by atoms with Gasteiger partial charge in [-0.1, -0.05) is 0 Å². The van der Waals surface area contributed by atoms with E-state index in [4.69, 9.17) is 9.83 Å². The molecule has 7 heteroatoms. The molecule has 0 bridgehead atoms. The molecule has 0 aliphatic rings. The third kappa shape index (κ3) is 58.5. The topological polar surface area (TPSA) is 51.2 Å². The predicted molar refractivity (Wildman–Crippen MR) is 19.1 cm³/mol. The van der Waals surface area contributed by atoms with E-state index < -0.39 is 0 Å². The Hall–Kier alpha value is 2.45. The fraction of sp³-hybridized carbons (Fsp3) is 0. The molecule has 0 fully saturated rings. The van der Waals surface area contributed by atoms with E-state index in [1.165, 1.54) is 0 Å². The van der Waals surface area contributed by atoms with Crippen molar-refractivity contribution >= 4 is 50.2 Å². The van der Waals surface area contributed by atoms with Gasteiger partial charge in [0.1, 0.15) is 0 Å². The number of rotatable bonds is 0. The molecule has 0 N–H and O–H groups in total. The maximum atomic E-state index is 8.42. The minimum atomic E-state index is -0.1000. The molecule has 7 heavy (non-hydrogen) atoms. The van der Waals surface area contributed by atoms with E-state index in [-0.39, 0.29) is 68.5 Å². The first kappa shape index (κ1) is 22.7. The Morgan fingerprint density at radius 2 is 1.14 bits per heavy atom. The predicted octanol–water partition coefficient (Wildman–Crippen LogP) is -2.19. The van der Waals surface area contributed by atoms with E-state index in [0.717, 1.165) is 0 Å². The van der Waals surface area contributed by atoms with Crippen LogP contribution in [0.25, 0.3) is 0 Å². The molecule has 0 aromatic carbocycles. The Kier molecular flexibility index (Phi) is 253. The van der Waals surface area contributed by atoms with Crippen molar-refractivity contribution in [3.63, 3.8) is 0 Å². The molecule has 0 saturated carbocycles.